The number of morpholine rings is 1. The molecule has 1 amide bonds. The average Bonchev–Trinajstić information content (AvgIpc) is 3.47. The van der Waals surface area contributed by atoms with Gasteiger partial charge in [-0.05, 0) is 42.1 Å². The molecule has 0 bridgehead atoms. The smallest absolute Gasteiger partial charge is 0.295 e. The van der Waals surface area contributed by atoms with Crippen molar-refractivity contribution in [2.75, 3.05) is 53.5 Å². The van der Waals surface area contributed by atoms with E-state index in [1.807, 2.05) is 17.5 Å². The maximum atomic E-state index is 13.1. The van der Waals surface area contributed by atoms with Crippen molar-refractivity contribution in [3.8, 4) is 0 Å². The molecule has 0 aliphatic carbocycles. The van der Waals surface area contributed by atoms with Crippen molar-refractivity contribution in [2.24, 2.45) is 0 Å². The molecule has 1 aromatic heterocycles. The van der Waals surface area contributed by atoms with Gasteiger partial charge in [0, 0.05) is 50.7 Å². The lowest BCUT2D eigenvalue weighted by atomic mass is 10.00. The topological polar surface area (TPSA) is 107 Å². The zero-order chi connectivity index (χ0) is 25.2. The minimum Gasteiger partial charge on any atom is -0.507 e. The lowest BCUT2D eigenvalue weighted by Crippen LogP contribution is -2.38. The summed E-state index contributed by atoms with van der Waals surface area (Å²) in [5, 5.41) is 13.0. The van der Waals surface area contributed by atoms with E-state index in [0.29, 0.717) is 26.2 Å². The Kier molecular flexibility index (Phi) is 7.72. The summed E-state index contributed by atoms with van der Waals surface area (Å²) in [7, 11) is -0.766. The molecule has 1 atom stereocenters. The Balaban J connectivity index is 1.63. The van der Waals surface area contributed by atoms with E-state index in [4.69, 9.17) is 4.74 Å². The molecule has 35 heavy (non-hydrogen) atoms. The molecule has 188 valence electrons. The minimum atomic E-state index is -3.64. The van der Waals surface area contributed by atoms with Gasteiger partial charge in [-0.3, -0.25) is 14.5 Å². The number of amides is 1. The van der Waals surface area contributed by atoms with Crippen molar-refractivity contribution in [3.63, 3.8) is 0 Å². The van der Waals surface area contributed by atoms with Gasteiger partial charge in [-0.1, -0.05) is 6.07 Å². The van der Waals surface area contributed by atoms with Crippen LogP contribution in [0.4, 0.5) is 0 Å². The van der Waals surface area contributed by atoms with Gasteiger partial charge >= 0.3 is 0 Å². The summed E-state index contributed by atoms with van der Waals surface area (Å²) in [6.07, 6.45) is 0.687. The van der Waals surface area contributed by atoms with Crippen molar-refractivity contribution in [3.05, 3.63) is 57.8 Å². The number of thiophene rings is 1. The second kappa shape index (κ2) is 10.6. The number of benzene rings is 1. The number of carbonyl (C=O) groups excluding carboxylic acids is 2. The molecule has 2 fully saturated rings. The molecule has 0 unspecified atom stereocenters. The summed E-state index contributed by atoms with van der Waals surface area (Å²) < 4.78 is 31.2. The number of aliphatic hydroxyl groups excluding tert-OH is 1. The molecule has 2 aromatic rings. The molecular formula is C24H29N3O6S2. The van der Waals surface area contributed by atoms with Gasteiger partial charge in [0.05, 0.1) is 29.7 Å². The number of nitrogens with zero attached hydrogens (tertiary/aromatic N) is 3. The third kappa shape index (κ3) is 5.19. The lowest BCUT2D eigenvalue weighted by molar-refractivity contribution is -0.140. The lowest BCUT2D eigenvalue weighted by Gasteiger charge is -2.28. The molecule has 2 saturated heterocycles. The van der Waals surface area contributed by atoms with Crippen LogP contribution in [-0.2, 0) is 24.3 Å². The molecule has 0 radical (unpaired) electrons. The molecule has 3 heterocycles. The molecule has 11 heteroatoms. The Bertz CT molecular complexity index is 1200. The maximum absolute atomic E-state index is 13.1. The first-order chi connectivity index (χ1) is 16.7. The van der Waals surface area contributed by atoms with Gasteiger partial charge in [0.2, 0.25) is 10.0 Å². The molecule has 2 aliphatic heterocycles. The second-order valence-corrected chi connectivity index (χ2v) is 11.8. The Labute approximate surface area is 209 Å². The first-order valence-electron chi connectivity index (χ1n) is 11.4. The summed E-state index contributed by atoms with van der Waals surface area (Å²) >= 11 is 1.41. The summed E-state index contributed by atoms with van der Waals surface area (Å²) in [4.78, 5) is 30.7. The number of sulfonamides is 1. The first-order valence-corrected chi connectivity index (χ1v) is 13.7. The molecular weight excluding hydrogens is 490 g/mol. The third-order valence-corrected chi connectivity index (χ3v) is 8.99. The van der Waals surface area contributed by atoms with Crippen LogP contribution in [0.15, 0.2) is 52.2 Å². The van der Waals surface area contributed by atoms with E-state index in [-0.39, 0.29) is 21.8 Å². The fourth-order valence-electron chi connectivity index (χ4n) is 4.29. The van der Waals surface area contributed by atoms with Crippen molar-refractivity contribution >= 4 is 38.8 Å². The predicted octanol–water partition coefficient (Wildman–Crippen LogP) is 2.14. The Hall–Kier alpha value is -2.57. The largest absolute Gasteiger partial charge is 0.507 e. The van der Waals surface area contributed by atoms with Crippen LogP contribution in [0.1, 0.15) is 22.9 Å². The summed E-state index contributed by atoms with van der Waals surface area (Å²) in [6, 6.07) is 8.65. The van der Waals surface area contributed by atoms with Gasteiger partial charge in [0.1, 0.15) is 5.76 Å². The Morgan fingerprint density at radius 1 is 1.11 bits per heavy atom. The monoisotopic (exact) mass is 519 g/mol. The van der Waals surface area contributed by atoms with Crippen LogP contribution in [0, 0.1) is 0 Å². The number of hydrogen-bond donors (Lipinski definition) is 1. The number of carbonyl (C=O) groups is 2. The molecule has 9 nitrogen and oxygen atoms in total. The average molecular weight is 520 g/mol. The van der Waals surface area contributed by atoms with Gasteiger partial charge in [0.15, 0.2) is 0 Å². The zero-order valence-corrected chi connectivity index (χ0v) is 21.3. The molecule has 2 aliphatic rings. The summed E-state index contributed by atoms with van der Waals surface area (Å²) in [6.45, 7) is 4.22. The van der Waals surface area contributed by atoms with Crippen molar-refractivity contribution in [2.45, 2.75) is 17.4 Å². The minimum absolute atomic E-state index is 0.0204. The van der Waals surface area contributed by atoms with Gasteiger partial charge in [0.25, 0.3) is 11.7 Å². The quantitative estimate of drug-likeness (QED) is 0.323. The van der Waals surface area contributed by atoms with Crippen LogP contribution in [-0.4, -0.2) is 92.8 Å². The van der Waals surface area contributed by atoms with Crippen LogP contribution in [0.2, 0.25) is 0 Å². The van der Waals surface area contributed by atoms with E-state index < -0.39 is 27.8 Å². The van der Waals surface area contributed by atoms with Crippen LogP contribution in [0.3, 0.4) is 0 Å². The second-order valence-electron chi connectivity index (χ2n) is 8.63. The number of rotatable bonds is 8. The number of aliphatic hydroxyl groups is 1. The SMILES string of the molecule is CN(C)S(=O)(=O)c1ccc(C(O)=C2C(=O)C(=O)N(CCCN3CCOCC3)[C@@H]2c2cccs2)cc1. The van der Waals surface area contributed by atoms with E-state index in [1.54, 1.807) is 0 Å². The van der Waals surface area contributed by atoms with Crippen molar-refractivity contribution in [1.29, 1.82) is 0 Å². The molecule has 0 spiro atoms. The van der Waals surface area contributed by atoms with Gasteiger partial charge in [-0.15, -0.1) is 11.3 Å². The van der Waals surface area contributed by atoms with Crippen LogP contribution in [0.25, 0.3) is 5.76 Å². The molecule has 4 rings (SSSR count). The van der Waals surface area contributed by atoms with E-state index in [2.05, 4.69) is 4.90 Å². The molecule has 1 aromatic carbocycles. The number of hydrogen-bond acceptors (Lipinski definition) is 8. The van der Waals surface area contributed by atoms with Crippen LogP contribution in [0.5, 0.6) is 0 Å². The third-order valence-electron chi connectivity index (χ3n) is 6.24. The van der Waals surface area contributed by atoms with E-state index in [9.17, 15) is 23.1 Å². The first kappa shape index (κ1) is 25.5. The highest BCUT2D eigenvalue weighted by atomic mass is 32.2. The maximum Gasteiger partial charge on any atom is 0.295 e. The fraction of sp³-hybridized carbons (Fsp3) is 0.417. The van der Waals surface area contributed by atoms with Gasteiger partial charge < -0.3 is 14.7 Å². The summed E-state index contributed by atoms with van der Waals surface area (Å²) in [5.41, 5.74) is 0.294. The van der Waals surface area contributed by atoms with E-state index in [0.717, 1.165) is 28.8 Å². The standard InChI is InChI=1S/C24H29N3O6S2/c1-25(2)35(31,32)18-8-6-17(7-9-18)22(28)20-21(19-5-3-16-34-19)27(24(30)23(20)29)11-4-10-26-12-14-33-15-13-26/h3,5-9,16,21,28H,4,10-15H2,1-2H3/t21-/m1/s1. The Morgan fingerprint density at radius 2 is 1.80 bits per heavy atom. The highest BCUT2D eigenvalue weighted by Crippen LogP contribution is 2.41. The van der Waals surface area contributed by atoms with Crippen molar-refractivity contribution < 1.29 is 27.9 Å². The summed E-state index contributed by atoms with van der Waals surface area (Å²) in [5.74, 6) is -1.69. The van der Waals surface area contributed by atoms with Crippen LogP contribution >= 0.6 is 11.3 Å². The van der Waals surface area contributed by atoms with Crippen molar-refractivity contribution in [1.82, 2.24) is 14.1 Å². The Morgan fingerprint density at radius 3 is 2.40 bits per heavy atom. The number of likely N-dealkylation sites (tertiary alicyclic amines) is 1. The zero-order valence-electron chi connectivity index (χ0n) is 19.7. The van der Waals surface area contributed by atoms with E-state index in [1.165, 1.54) is 54.6 Å². The van der Waals surface area contributed by atoms with Gasteiger partial charge in [-0.2, -0.15) is 0 Å². The normalized spacial score (nSPS) is 21.2. The predicted molar refractivity (Wildman–Crippen MR) is 133 cm³/mol. The highest BCUT2D eigenvalue weighted by molar-refractivity contribution is 7.89. The highest BCUT2D eigenvalue weighted by Gasteiger charge is 2.46. The number of Topliss-reactive ketones (excluding diaryl/α,β-unsaturated/α-hetero) is 1. The van der Waals surface area contributed by atoms with Crippen LogP contribution < -0.4 is 0 Å². The fourth-order valence-corrected chi connectivity index (χ4v) is 6.04. The van der Waals surface area contributed by atoms with E-state index >= 15 is 0 Å². The number of ketones is 1. The molecule has 1 N–H and O–H groups in total. The number of ether oxygens (including phenoxy) is 1. The molecule has 0 saturated carbocycles. The van der Waals surface area contributed by atoms with Gasteiger partial charge in [-0.25, -0.2) is 12.7 Å².